The molecule has 6 heteroatoms. The fourth-order valence-corrected chi connectivity index (χ4v) is 3.12. The Morgan fingerprint density at radius 2 is 1.72 bits per heavy atom. The quantitative estimate of drug-likeness (QED) is 0.316. The van der Waals surface area contributed by atoms with Crippen LogP contribution < -0.4 is 9.47 Å². The third-order valence-electron chi connectivity index (χ3n) is 4.68. The second-order valence-electron chi connectivity index (χ2n) is 7.12. The fourth-order valence-electron chi connectivity index (χ4n) is 3.12. The number of nitrogens with zero attached hydrogens (tertiary/aromatic N) is 1. The molecule has 0 spiro atoms. The molecule has 0 aliphatic carbocycles. The lowest BCUT2D eigenvalue weighted by Gasteiger charge is -2.05. The highest BCUT2D eigenvalue weighted by Gasteiger charge is 2.24. The molecule has 1 aliphatic rings. The molecule has 1 aliphatic heterocycles. The van der Waals surface area contributed by atoms with Crippen LogP contribution in [0.3, 0.4) is 0 Å². The van der Waals surface area contributed by atoms with Crippen molar-refractivity contribution < 1.29 is 23.8 Å². The number of hydrogen-bond donors (Lipinski definition) is 0. The van der Waals surface area contributed by atoms with Gasteiger partial charge in [0.05, 0.1) is 12.2 Å². The van der Waals surface area contributed by atoms with E-state index in [1.54, 1.807) is 66.7 Å². The van der Waals surface area contributed by atoms with Crippen LogP contribution in [0.15, 0.2) is 83.5 Å². The number of benzene rings is 3. The minimum atomic E-state index is -0.524. The van der Waals surface area contributed by atoms with Crippen LogP contribution in [0, 0.1) is 6.92 Å². The minimum Gasteiger partial charge on any atom is -0.494 e. The zero-order valence-electron chi connectivity index (χ0n) is 17.7. The predicted octanol–water partition coefficient (Wildman–Crippen LogP) is 4.96. The van der Waals surface area contributed by atoms with Gasteiger partial charge in [-0.25, -0.2) is 14.6 Å². The second kappa shape index (κ2) is 9.31. The van der Waals surface area contributed by atoms with Gasteiger partial charge in [-0.1, -0.05) is 29.8 Å². The van der Waals surface area contributed by atoms with Crippen molar-refractivity contribution in [3.05, 3.63) is 101 Å². The molecule has 160 valence electrons. The minimum absolute atomic E-state index is 0.193. The van der Waals surface area contributed by atoms with E-state index >= 15 is 0 Å². The lowest BCUT2D eigenvalue weighted by atomic mass is 10.1. The maximum absolute atomic E-state index is 12.3. The predicted molar refractivity (Wildman–Crippen MR) is 121 cm³/mol. The van der Waals surface area contributed by atoms with Gasteiger partial charge < -0.3 is 14.2 Å². The Labute approximate surface area is 185 Å². The molecule has 0 saturated heterocycles. The Kier molecular flexibility index (Phi) is 6.12. The summed E-state index contributed by atoms with van der Waals surface area (Å²) in [6, 6.07) is 21.2. The molecule has 0 N–H and O–H groups in total. The van der Waals surface area contributed by atoms with E-state index < -0.39 is 11.9 Å². The van der Waals surface area contributed by atoms with E-state index in [0.717, 1.165) is 16.9 Å². The average molecular weight is 427 g/mol. The van der Waals surface area contributed by atoms with E-state index in [4.69, 9.17) is 14.2 Å². The van der Waals surface area contributed by atoms with Gasteiger partial charge in [-0.3, -0.25) is 0 Å². The first-order valence-electron chi connectivity index (χ1n) is 10.2. The van der Waals surface area contributed by atoms with Crippen LogP contribution in [-0.2, 0) is 9.53 Å². The molecule has 0 atom stereocenters. The molecule has 1 heterocycles. The molecular formula is C26H21NO5. The van der Waals surface area contributed by atoms with Crippen LogP contribution >= 0.6 is 0 Å². The molecule has 6 nitrogen and oxygen atoms in total. The van der Waals surface area contributed by atoms with E-state index in [-0.39, 0.29) is 11.6 Å². The summed E-state index contributed by atoms with van der Waals surface area (Å²) in [7, 11) is 0. The molecule has 32 heavy (non-hydrogen) atoms. The van der Waals surface area contributed by atoms with Gasteiger partial charge in [0.2, 0.25) is 5.90 Å². The lowest BCUT2D eigenvalue weighted by Crippen LogP contribution is -2.08. The van der Waals surface area contributed by atoms with Gasteiger partial charge in [-0.05, 0) is 74.0 Å². The van der Waals surface area contributed by atoms with Gasteiger partial charge in [0.15, 0.2) is 5.70 Å². The third-order valence-corrected chi connectivity index (χ3v) is 4.68. The van der Waals surface area contributed by atoms with Crippen molar-refractivity contribution in [1.29, 1.82) is 0 Å². The number of rotatable bonds is 6. The van der Waals surface area contributed by atoms with Gasteiger partial charge in [0.25, 0.3) is 0 Å². The SMILES string of the molecule is CCOc1ccc(C2=N/C(=C\c3ccc(OC(=O)c4cccc(C)c4)cc3)C(=O)O2)cc1. The lowest BCUT2D eigenvalue weighted by molar-refractivity contribution is -0.129. The maximum atomic E-state index is 12.3. The first-order chi connectivity index (χ1) is 15.5. The summed E-state index contributed by atoms with van der Waals surface area (Å²) < 4.78 is 16.1. The van der Waals surface area contributed by atoms with E-state index in [1.165, 1.54) is 0 Å². The summed E-state index contributed by atoms with van der Waals surface area (Å²) in [6.07, 6.45) is 1.62. The van der Waals surface area contributed by atoms with Gasteiger partial charge in [0, 0.05) is 5.56 Å². The Balaban J connectivity index is 1.46. The number of aliphatic imine (C=N–C) groups is 1. The highest BCUT2D eigenvalue weighted by Crippen LogP contribution is 2.22. The van der Waals surface area contributed by atoms with Gasteiger partial charge in [-0.15, -0.1) is 0 Å². The highest BCUT2D eigenvalue weighted by atomic mass is 16.6. The van der Waals surface area contributed by atoms with Gasteiger partial charge >= 0.3 is 11.9 Å². The normalized spacial score (nSPS) is 14.1. The molecular weight excluding hydrogens is 406 g/mol. The molecule has 0 fully saturated rings. The van der Waals surface area contributed by atoms with Gasteiger partial charge in [0.1, 0.15) is 11.5 Å². The smallest absolute Gasteiger partial charge is 0.363 e. The second-order valence-corrected chi connectivity index (χ2v) is 7.12. The molecule has 4 rings (SSSR count). The van der Waals surface area contributed by atoms with E-state index in [2.05, 4.69) is 4.99 Å². The van der Waals surface area contributed by atoms with E-state index in [1.807, 2.05) is 26.0 Å². The first-order valence-corrected chi connectivity index (χ1v) is 10.2. The molecule has 3 aromatic rings. The Hall–Kier alpha value is -4.19. The van der Waals surface area contributed by atoms with Crippen molar-refractivity contribution in [2.24, 2.45) is 4.99 Å². The standard InChI is InChI=1S/C26H21NO5/c1-3-30-21-13-9-19(10-14-21)24-27-23(26(29)32-24)16-18-7-11-22(12-8-18)31-25(28)20-6-4-5-17(2)15-20/h4-16H,3H2,1-2H3/b23-16-. The topological polar surface area (TPSA) is 74.2 Å². The molecule has 3 aromatic carbocycles. The molecule has 0 bridgehead atoms. The number of carbonyl (C=O) groups excluding carboxylic acids is 2. The number of aryl methyl sites for hydroxylation is 1. The Bertz CT molecular complexity index is 1210. The number of esters is 2. The molecule has 0 radical (unpaired) electrons. The summed E-state index contributed by atoms with van der Waals surface area (Å²) in [6.45, 7) is 4.40. The van der Waals surface area contributed by atoms with Crippen LogP contribution in [-0.4, -0.2) is 24.4 Å². The van der Waals surface area contributed by atoms with Crippen molar-refractivity contribution in [2.45, 2.75) is 13.8 Å². The zero-order chi connectivity index (χ0) is 22.5. The molecule has 0 saturated carbocycles. The fraction of sp³-hybridized carbons (Fsp3) is 0.115. The number of hydrogen-bond acceptors (Lipinski definition) is 6. The van der Waals surface area contributed by atoms with Crippen LogP contribution in [0.5, 0.6) is 11.5 Å². The van der Waals surface area contributed by atoms with Gasteiger partial charge in [-0.2, -0.15) is 0 Å². The summed E-state index contributed by atoms with van der Waals surface area (Å²) in [5.41, 5.74) is 3.07. The molecule has 0 aromatic heterocycles. The Morgan fingerprint density at radius 1 is 1.00 bits per heavy atom. The summed E-state index contributed by atoms with van der Waals surface area (Å²) >= 11 is 0. The van der Waals surface area contributed by atoms with Crippen molar-refractivity contribution >= 4 is 23.9 Å². The van der Waals surface area contributed by atoms with Crippen LogP contribution in [0.2, 0.25) is 0 Å². The van der Waals surface area contributed by atoms with Crippen LogP contribution in [0.1, 0.15) is 34.0 Å². The van der Waals surface area contributed by atoms with E-state index in [0.29, 0.717) is 23.5 Å². The van der Waals surface area contributed by atoms with Crippen LogP contribution in [0.25, 0.3) is 6.08 Å². The number of carbonyl (C=O) groups is 2. The largest absolute Gasteiger partial charge is 0.494 e. The number of ether oxygens (including phenoxy) is 3. The van der Waals surface area contributed by atoms with Crippen molar-refractivity contribution in [1.82, 2.24) is 0 Å². The molecule has 0 unspecified atom stereocenters. The first kappa shape index (κ1) is 21.1. The Morgan fingerprint density at radius 3 is 2.41 bits per heavy atom. The third kappa shape index (κ3) is 4.92. The van der Waals surface area contributed by atoms with Crippen LogP contribution in [0.4, 0.5) is 0 Å². The number of cyclic esters (lactones) is 1. The zero-order valence-corrected chi connectivity index (χ0v) is 17.7. The van der Waals surface area contributed by atoms with E-state index in [9.17, 15) is 9.59 Å². The average Bonchev–Trinajstić information content (AvgIpc) is 3.16. The van der Waals surface area contributed by atoms with Crippen molar-refractivity contribution in [3.63, 3.8) is 0 Å². The molecule has 0 amide bonds. The summed E-state index contributed by atoms with van der Waals surface area (Å²) in [5, 5.41) is 0. The highest BCUT2D eigenvalue weighted by molar-refractivity contribution is 6.12. The maximum Gasteiger partial charge on any atom is 0.363 e. The summed E-state index contributed by atoms with van der Waals surface area (Å²) in [4.78, 5) is 28.8. The van der Waals surface area contributed by atoms with Crippen molar-refractivity contribution in [3.8, 4) is 11.5 Å². The summed E-state index contributed by atoms with van der Waals surface area (Å²) in [5.74, 6) is 0.437. The van der Waals surface area contributed by atoms with Crippen molar-refractivity contribution in [2.75, 3.05) is 6.61 Å². The monoisotopic (exact) mass is 427 g/mol.